The zero-order valence-electron chi connectivity index (χ0n) is 37.2. The van der Waals surface area contributed by atoms with Crippen molar-refractivity contribution in [1.29, 1.82) is 0 Å². The summed E-state index contributed by atoms with van der Waals surface area (Å²) in [6, 6.07) is 3.32. The summed E-state index contributed by atoms with van der Waals surface area (Å²) in [4.78, 5) is 62.3. The number of aliphatic imine (C=N–C) groups is 1. The molecule has 5 heterocycles. The van der Waals surface area contributed by atoms with Crippen LogP contribution >= 0.6 is 11.3 Å². The van der Waals surface area contributed by atoms with Gasteiger partial charge in [-0.05, 0) is 79.1 Å². The molecule has 2 bridgehead atoms. The van der Waals surface area contributed by atoms with E-state index in [1.165, 1.54) is 32.1 Å². The van der Waals surface area contributed by atoms with E-state index >= 15 is 0 Å². The second kappa shape index (κ2) is 20.2. The number of nitrogens with zero attached hydrogens (tertiary/aromatic N) is 5. The van der Waals surface area contributed by atoms with E-state index in [1.807, 2.05) is 38.9 Å². The molecule has 0 spiro atoms. The number of esters is 1. The van der Waals surface area contributed by atoms with Gasteiger partial charge < -0.3 is 49.4 Å². The predicted molar refractivity (Wildman–Crippen MR) is 229 cm³/mol. The van der Waals surface area contributed by atoms with E-state index in [4.69, 9.17) is 34.3 Å². The summed E-state index contributed by atoms with van der Waals surface area (Å²) < 4.78 is 32.5. The first-order chi connectivity index (χ1) is 28.7. The quantitative estimate of drug-likeness (QED) is 0.192. The molecule has 3 aliphatic rings. The van der Waals surface area contributed by atoms with Gasteiger partial charge in [-0.1, -0.05) is 32.9 Å². The van der Waals surface area contributed by atoms with Crippen molar-refractivity contribution in [2.24, 2.45) is 33.8 Å². The molecule has 0 aromatic carbocycles. The van der Waals surface area contributed by atoms with Crippen molar-refractivity contribution in [1.82, 2.24) is 14.9 Å². The molecular weight excluding hydrogens is 809 g/mol. The summed E-state index contributed by atoms with van der Waals surface area (Å²) in [5, 5.41) is 31.0. The molecule has 2 aromatic heterocycles. The van der Waals surface area contributed by atoms with Crippen LogP contribution in [0.5, 0.6) is 0 Å². The Kier molecular flexibility index (Phi) is 16.0. The molecule has 3 saturated heterocycles. The van der Waals surface area contributed by atoms with Gasteiger partial charge in [0.15, 0.2) is 18.7 Å². The van der Waals surface area contributed by atoms with Crippen LogP contribution in [-0.4, -0.2) is 136 Å². The Hall–Kier alpha value is -3.75. The highest BCUT2D eigenvalue weighted by molar-refractivity contribution is 7.13. The van der Waals surface area contributed by atoms with Crippen molar-refractivity contribution in [2.45, 2.75) is 142 Å². The summed E-state index contributed by atoms with van der Waals surface area (Å²) in [5.41, 5.74) is 4.58. The Balaban J connectivity index is 1.63. The number of fused-ring (bicyclic) bond motifs is 5. The SMILES string of the molecule is CC[C@H]1OC(=O)[C@H](C)C(=O)[C@H](C)[C@@H](O[C@@H]2O[C@H](C)C[C@H](N(C)C)[C@H]2O)[C@@]2(C)C[C@@H](C)C(=NC(C)=O)[C@H](C)[C@H](OC/C(=N\OCc3ccc(-c4nc(N)cs4)cn3)CO2)[C@]1(C)O. The number of pyridine rings is 1. The van der Waals surface area contributed by atoms with Crippen molar-refractivity contribution in [3.63, 3.8) is 0 Å². The molecule has 4 N–H and O–H groups in total. The number of aromatic nitrogens is 2. The lowest BCUT2D eigenvalue weighted by Gasteiger charge is -2.47. The molecule has 5 rings (SSSR count). The van der Waals surface area contributed by atoms with Gasteiger partial charge >= 0.3 is 5.97 Å². The van der Waals surface area contributed by atoms with Crippen molar-refractivity contribution in [3.05, 3.63) is 29.4 Å². The number of ether oxygens (including phenoxy) is 5. The molecule has 0 unspecified atom stereocenters. The number of Topliss-reactive ketones (excluding diaryl/α,β-unsaturated/α-hetero) is 1. The van der Waals surface area contributed by atoms with Crippen LogP contribution in [0.1, 0.15) is 87.3 Å². The number of ketones is 1. The van der Waals surface area contributed by atoms with Crippen LogP contribution in [0, 0.1) is 23.7 Å². The lowest BCUT2D eigenvalue weighted by atomic mass is 9.73. The zero-order chi connectivity index (χ0) is 45.0. The molecule has 61 heavy (non-hydrogen) atoms. The van der Waals surface area contributed by atoms with E-state index in [0.717, 1.165) is 10.6 Å². The Bertz CT molecular complexity index is 1910. The normalized spacial score (nSPS) is 37.2. The van der Waals surface area contributed by atoms with E-state index in [2.05, 4.69) is 20.1 Å². The average molecular weight is 873 g/mol. The molecule has 0 aliphatic carbocycles. The minimum absolute atomic E-state index is 0.0177. The number of amides is 1. The van der Waals surface area contributed by atoms with Crippen LogP contribution in [0.2, 0.25) is 0 Å². The highest BCUT2D eigenvalue weighted by Gasteiger charge is 2.53. The number of hydrogen-bond donors (Lipinski definition) is 3. The minimum Gasteiger partial charge on any atom is -0.459 e. The van der Waals surface area contributed by atoms with Crippen molar-refractivity contribution in [2.75, 3.05) is 33.0 Å². The maximum Gasteiger partial charge on any atom is 0.316 e. The fourth-order valence-electron chi connectivity index (χ4n) is 8.85. The molecule has 0 saturated carbocycles. The third kappa shape index (κ3) is 11.3. The highest BCUT2D eigenvalue weighted by Crippen LogP contribution is 2.40. The fraction of sp³-hybridized carbons (Fsp3) is 0.698. The van der Waals surface area contributed by atoms with Crippen molar-refractivity contribution < 1.29 is 53.1 Å². The maximum atomic E-state index is 14.5. The van der Waals surface area contributed by atoms with E-state index < -0.39 is 83.2 Å². The molecule has 3 fully saturated rings. The Morgan fingerprint density at radius 2 is 1.84 bits per heavy atom. The number of nitrogens with two attached hydrogens (primary N) is 1. The van der Waals surface area contributed by atoms with Gasteiger partial charge in [0.1, 0.15) is 40.3 Å². The zero-order valence-corrected chi connectivity index (χ0v) is 38.0. The predicted octanol–water partition coefficient (Wildman–Crippen LogP) is 4.22. The average Bonchev–Trinajstić information content (AvgIpc) is 3.64. The van der Waals surface area contributed by atoms with Gasteiger partial charge in [-0.2, -0.15) is 0 Å². The number of oxime groups is 1. The van der Waals surface area contributed by atoms with Gasteiger partial charge in [0.2, 0.25) is 5.91 Å². The van der Waals surface area contributed by atoms with E-state index in [9.17, 15) is 24.6 Å². The number of carbonyl (C=O) groups excluding carboxylic acids is 3. The summed E-state index contributed by atoms with van der Waals surface area (Å²) in [5.74, 6) is -4.95. The molecule has 1 amide bonds. The fourth-order valence-corrected chi connectivity index (χ4v) is 9.55. The lowest BCUT2D eigenvalue weighted by molar-refractivity contribution is -0.296. The maximum absolute atomic E-state index is 14.5. The Labute approximate surface area is 362 Å². The number of hydrogen-bond acceptors (Lipinski definition) is 17. The van der Waals surface area contributed by atoms with Crippen LogP contribution in [-0.2, 0) is 49.5 Å². The Morgan fingerprint density at radius 3 is 2.44 bits per heavy atom. The summed E-state index contributed by atoms with van der Waals surface area (Å²) >= 11 is 1.41. The molecule has 2 aromatic rings. The smallest absolute Gasteiger partial charge is 0.316 e. The van der Waals surface area contributed by atoms with E-state index in [0.29, 0.717) is 23.6 Å². The van der Waals surface area contributed by atoms with Gasteiger partial charge in [-0.25, -0.2) is 9.98 Å². The number of aliphatic hydroxyl groups excluding tert-OH is 1. The van der Waals surface area contributed by atoms with Crippen LogP contribution in [0.3, 0.4) is 0 Å². The van der Waals surface area contributed by atoms with Gasteiger partial charge in [0.05, 0.1) is 42.8 Å². The number of aliphatic hydroxyl groups is 2. The van der Waals surface area contributed by atoms with Crippen molar-refractivity contribution >= 4 is 46.2 Å². The van der Waals surface area contributed by atoms with Gasteiger partial charge in [0, 0.05) is 47.7 Å². The summed E-state index contributed by atoms with van der Waals surface area (Å²) in [6.07, 6.45) is -3.53. The van der Waals surface area contributed by atoms with Crippen LogP contribution in [0.25, 0.3) is 10.6 Å². The van der Waals surface area contributed by atoms with Crippen LogP contribution in [0.4, 0.5) is 5.82 Å². The first-order valence-electron chi connectivity index (χ1n) is 21.0. The lowest BCUT2D eigenvalue weighted by Crippen LogP contribution is -2.60. The molecule has 17 nitrogen and oxygen atoms in total. The third-order valence-corrected chi connectivity index (χ3v) is 13.0. The first kappa shape index (κ1) is 48.3. The van der Waals surface area contributed by atoms with Gasteiger partial charge in [-0.3, -0.25) is 19.4 Å². The third-order valence-electron chi connectivity index (χ3n) is 12.1. The summed E-state index contributed by atoms with van der Waals surface area (Å²) in [6.45, 7) is 14.6. The van der Waals surface area contributed by atoms with Crippen LogP contribution < -0.4 is 5.73 Å². The standard InChI is InChI=1S/C43H64N6O11S/c1-12-32-43(9,54)38-24(4)34(46-27(7)50)22(2)16-42(8,56-19-30(18-55-38)48-57-20-29-14-13-28(17-45-29)39-47-33(44)21-61-39)37(25(5)35(51)26(6)40(53)59-32)60-41-36(52)31(49(10)11)15-23(3)58-41/h13-14,17,21-26,31-32,36-38,41,52,54H,12,15-16,18-20,44H2,1-11H3/b46-34?,48-30+/t22-,23-,24+,25+,26-,31+,32-,36-,37-,38+,41+,42-,43-/m1/s1. The number of rotatable bonds is 8. The molecule has 18 heteroatoms. The second-order valence-electron chi connectivity index (χ2n) is 17.4. The first-order valence-corrected chi connectivity index (χ1v) is 21.8. The number of nitrogen functional groups attached to an aromatic ring is 1. The van der Waals surface area contributed by atoms with Gasteiger partial charge in [0.25, 0.3) is 0 Å². The Morgan fingerprint density at radius 1 is 1.11 bits per heavy atom. The molecule has 13 atom stereocenters. The van der Waals surface area contributed by atoms with E-state index in [-0.39, 0.29) is 50.5 Å². The molecule has 3 aliphatic heterocycles. The number of anilines is 1. The van der Waals surface area contributed by atoms with Gasteiger partial charge in [-0.15, -0.1) is 11.3 Å². The van der Waals surface area contributed by atoms with E-state index in [1.54, 1.807) is 45.3 Å². The minimum atomic E-state index is -1.86. The van der Waals surface area contributed by atoms with Crippen molar-refractivity contribution in [3.8, 4) is 10.6 Å². The number of cyclic esters (lactones) is 1. The number of carbonyl (C=O) groups is 3. The second-order valence-corrected chi connectivity index (χ2v) is 18.3. The number of thiazole rings is 1. The van der Waals surface area contributed by atoms with Crippen LogP contribution in [0.15, 0.2) is 33.9 Å². The molecule has 0 radical (unpaired) electrons. The summed E-state index contributed by atoms with van der Waals surface area (Å²) in [7, 11) is 3.72. The molecule has 338 valence electrons. The highest BCUT2D eigenvalue weighted by atomic mass is 32.1. The largest absolute Gasteiger partial charge is 0.459 e. The molecular formula is C43H64N6O11S. The monoisotopic (exact) mass is 872 g/mol. The topological polar surface area (TPSA) is 227 Å². The number of likely N-dealkylation sites (N-methyl/N-ethyl adjacent to an activating group) is 1.